The van der Waals surface area contributed by atoms with Crippen LogP contribution in [0.15, 0.2) is 12.4 Å². The van der Waals surface area contributed by atoms with Crippen LogP contribution in [0.2, 0.25) is 0 Å². The summed E-state index contributed by atoms with van der Waals surface area (Å²) in [6, 6.07) is 0. The van der Waals surface area contributed by atoms with Gasteiger partial charge in [0, 0.05) is 11.9 Å². The second-order valence-electron chi connectivity index (χ2n) is 4.99. The van der Waals surface area contributed by atoms with E-state index in [0.29, 0.717) is 0 Å². The molecule has 0 atom stereocenters. The van der Waals surface area contributed by atoms with E-state index in [2.05, 4.69) is 28.2 Å². The zero-order chi connectivity index (χ0) is 11.8. The van der Waals surface area contributed by atoms with Gasteiger partial charge in [0.25, 0.3) is 0 Å². The van der Waals surface area contributed by atoms with Gasteiger partial charge in [0.05, 0.1) is 18.4 Å². The van der Waals surface area contributed by atoms with Crippen molar-refractivity contribution in [3.63, 3.8) is 0 Å². The maximum absolute atomic E-state index is 4.48. The molecular formula is C13H18N4. The molecule has 0 unspecified atom stereocenters. The van der Waals surface area contributed by atoms with Gasteiger partial charge in [-0.2, -0.15) is 5.10 Å². The van der Waals surface area contributed by atoms with E-state index in [-0.39, 0.29) is 0 Å². The predicted molar refractivity (Wildman–Crippen MR) is 66.0 cm³/mol. The van der Waals surface area contributed by atoms with E-state index in [1.807, 2.05) is 17.8 Å². The standard InChI is InChI=1S/C13H18N4/c1-9-13(16-10(2)15-9)8-17-7-12(6-14-17)11-4-3-5-11/h6-7,11H,3-5,8H2,1-2H3,(H,15,16). The van der Waals surface area contributed by atoms with Crippen LogP contribution in [-0.2, 0) is 6.54 Å². The van der Waals surface area contributed by atoms with Crippen LogP contribution in [0.25, 0.3) is 0 Å². The molecule has 4 heteroatoms. The smallest absolute Gasteiger partial charge is 0.103 e. The zero-order valence-electron chi connectivity index (χ0n) is 10.4. The summed E-state index contributed by atoms with van der Waals surface area (Å²) < 4.78 is 2.00. The summed E-state index contributed by atoms with van der Waals surface area (Å²) in [5, 5.41) is 4.43. The molecule has 2 aromatic rings. The van der Waals surface area contributed by atoms with Crippen molar-refractivity contribution in [3.05, 3.63) is 35.2 Å². The molecule has 1 saturated carbocycles. The Morgan fingerprint density at radius 1 is 1.41 bits per heavy atom. The van der Waals surface area contributed by atoms with Gasteiger partial charge in [-0.3, -0.25) is 4.68 Å². The van der Waals surface area contributed by atoms with E-state index in [4.69, 9.17) is 0 Å². The molecule has 4 nitrogen and oxygen atoms in total. The molecule has 0 saturated heterocycles. The summed E-state index contributed by atoms with van der Waals surface area (Å²) in [6.07, 6.45) is 8.21. The third-order valence-electron chi connectivity index (χ3n) is 3.65. The van der Waals surface area contributed by atoms with Crippen LogP contribution in [-0.4, -0.2) is 19.7 Å². The van der Waals surface area contributed by atoms with Gasteiger partial charge in [0.15, 0.2) is 0 Å². The molecule has 0 aromatic carbocycles. The average molecular weight is 230 g/mol. The molecule has 0 radical (unpaired) electrons. The van der Waals surface area contributed by atoms with Crippen LogP contribution >= 0.6 is 0 Å². The molecule has 3 rings (SSSR count). The molecule has 0 aliphatic heterocycles. The molecule has 2 heterocycles. The number of imidazole rings is 1. The molecule has 90 valence electrons. The number of hydrogen-bond acceptors (Lipinski definition) is 2. The van der Waals surface area contributed by atoms with Gasteiger partial charge >= 0.3 is 0 Å². The third kappa shape index (κ3) is 1.99. The highest BCUT2D eigenvalue weighted by atomic mass is 15.3. The van der Waals surface area contributed by atoms with Crippen molar-refractivity contribution in [1.82, 2.24) is 19.7 Å². The van der Waals surface area contributed by atoms with E-state index in [0.717, 1.165) is 29.7 Å². The third-order valence-corrected chi connectivity index (χ3v) is 3.65. The fourth-order valence-corrected chi connectivity index (χ4v) is 2.38. The maximum Gasteiger partial charge on any atom is 0.103 e. The number of H-pyrrole nitrogens is 1. The Bertz CT molecular complexity index is 519. The normalized spacial score (nSPS) is 16.1. The van der Waals surface area contributed by atoms with Crippen molar-refractivity contribution < 1.29 is 0 Å². The van der Waals surface area contributed by atoms with Crippen molar-refractivity contribution in [2.45, 2.75) is 45.6 Å². The lowest BCUT2D eigenvalue weighted by Gasteiger charge is -2.23. The van der Waals surface area contributed by atoms with E-state index in [1.54, 1.807) is 0 Å². The van der Waals surface area contributed by atoms with Gasteiger partial charge in [0.1, 0.15) is 5.82 Å². The summed E-state index contributed by atoms with van der Waals surface area (Å²) in [6.45, 7) is 4.81. The van der Waals surface area contributed by atoms with Crippen molar-refractivity contribution >= 4 is 0 Å². The number of nitrogens with one attached hydrogen (secondary N) is 1. The lowest BCUT2D eigenvalue weighted by molar-refractivity contribution is 0.419. The first kappa shape index (κ1) is 10.6. The summed E-state index contributed by atoms with van der Waals surface area (Å²) in [7, 11) is 0. The topological polar surface area (TPSA) is 46.5 Å². The Morgan fingerprint density at radius 3 is 2.82 bits per heavy atom. The molecule has 1 N–H and O–H groups in total. The van der Waals surface area contributed by atoms with Crippen molar-refractivity contribution in [2.75, 3.05) is 0 Å². The Morgan fingerprint density at radius 2 is 2.24 bits per heavy atom. The lowest BCUT2D eigenvalue weighted by Crippen LogP contribution is -2.07. The van der Waals surface area contributed by atoms with Gasteiger partial charge in [-0.1, -0.05) is 6.42 Å². The minimum Gasteiger partial charge on any atom is -0.346 e. The van der Waals surface area contributed by atoms with Crippen LogP contribution in [0, 0.1) is 13.8 Å². The van der Waals surface area contributed by atoms with Gasteiger partial charge in [-0.15, -0.1) is 0 Å². The summed E-state index contributed by atoms with van der Waals surface area (Å²) in [4.78, 5) is 7.70. The van der Waals surface area contributed by atoms with Gasteiger partial charge < -0.3 is 4.98 Å². The Balaban J connectivity index is 1.76. The summed E-state index contributed by atoms with van der Waals surface area (Å²) in [5.41, 5.74) is 3.62. The Kier molecular flexibility index (Phi) is 2.50. The minimum absolute atomic E-state index is 0.755. The second kappa shape index (κ2) is 4.02. The molecule has 0 spiro atoms. The van der Waals surface area contributed by atoms with E-state index >= 15 is 0 Å². The first-order valence-corrected chi connectivity index (χ1v) is 6.27. The van der Waals surface area contributed by atoms with Gasteiger partial charge in [0.2, 0.25) is 0 Å². The quantitative estimate of drug-likeness (QED) is 0.880. The van der Waals surface area contributed by atoms with Crippen molar-refractivity contribution in [3.8, 4) is 0 Å². The second-order valence-corrected chi connectivity index (χ2v) is 4.99. The number of aromatic nitrogens is 4. The Hall–Kier alpha value is -1.58. The molecule has 1 fully saturated rings. The Labute approximate surface area is 101 Å². The highest BCUT2D eigenvalue weighted by Crippen LogP contribution is 2.35. The number of nitrogens with zero attached hydrogens (tertiary/aromatic N) is 3. The molecule has 17 heavy (non-hydrogen) atoms. The molecule has 1 aliphatic rings. The fourth-order valence-electron chi connectivity index (χ4n) is 2.38. The van der Waals surface area contributed by atoms with Crippen LogP contribution < -0.4 is 0 Å². The molecule has 2 aromatic heterocycles. The van der Waals surface area contributed by atoms with Crippen molar-refractivity contribution in [1.29, 1.82) is 0 Å². The number of hydrogen-bond donors (Lipinski definition) is 1. The van der Waals surface area contributed by atoms with E-state index < -0.39 is 0 Å². The van der Waals surface area contributed by atoms with Crippen LogP contribution in [0.1, 0.15) is 48.0 Å². The van der Waals surface area contributed by atoms with Crippen LogP contribution in [0.3, 0.4) is 0 Å². The molecule has 1 aliphatic carbocycles. The maximum atomic E-state index is 4.48. The summed E-state index contributed by atoms with van der Waals surface area (Å²) in [5.74, 6) is 1.73. The SMILES string of the molecule is Cc1nc(Cn2cc(C3CCC3)cn2)c(C)[nH]1. The average Bonchev–Trinajstić information content (AvgIpc) is 2.73. The first-order valence-electron chi connectivity index (χ1n) is 6.27. The van der Waals surface area contributed by atoms with Gasteiger partial charge in [-0.05, 0) is 38.2 Å². The molecular weight excluding hydrogens is 212 g/mol. The molecule has 0 amide bonds. The first-order chi connectivity index (χ1) is 8.22. The minimum atomic E-state index is 0.755. The predicted octanol–water partition coefficient (Wildman–Crippen LogP) is 2.54. The number of aromatic amines is 1. The van der Waals surface area contributed by atoms with E-state index in [9.17, 15) is 0 Å². The number of aryl methyl sites for hydroxylation is 2. The van der Waals surface area contributed by atoms with Crippen LogP contribution in [0.4, 0.5) is 0 Å². The highest BCUT2D eigenvalue weighted by molar-refractivity contribution is 5.16. The fraction of sp³-hybridized carbons (Fsp3) is 0.538. The lowest BCUT2D eigenvalue weighted by atomic mass is 9.81. The van der Waals surface area contributed by atoms with Gasteiger partial charge in [-0.25, -0.2) is 4.98 Å². The van der Waals surface area contributed by atoms with E-state index in [1.165, 1.54) is 24.8 Å². The van der Waals surface area contributed by atoms with Crippen molar-refractivity contribution in [2.24, 2.45) is 0 Å². The number of rotatable bonds is 3. The highest BCUT2D eigenvalue weighted by Gasteiger charge is 2.20. The zero-order valence-corrected chi connectivity index (χ0v) is 10.4. The summed E-state index contributed by atoms with van der Waals surface area (Å²) >= 11 is 0. The van der Waals surface area contributed by atoms with Crippen LogP contribution in [0.5, 0.6) is 0 Å². The molecule has 0 bridgehead atoms. The largest absolute Gasteiger partial charge is 0.346 e. The monoisotopic (exact) mass is 230 g/mol.